The van der Waals surface area contributed by atoms with Crippen LogP contribution in [0.15, 0.2) is 29.2 Å². The fraction of sp³-hybridized carbons (Fsp3) is 0.333. The quantitative estimate of drug-likeness (QED) is 0.739. The maximum atomic E-state index is 11.7. The van der Waals surface area contributed by atoms with E-state index in [0.717, 1.165) is 0 Å². The molecule has 19 heavy (non-hydrogen) atoms. The third-order valence-electron chi connectivity index (χ3n) is 2.44. The maximum absolute atomic E-state index is 11.7. The Bertz CT molecular complexity index is 564. The van der Waals surface area contributed by atoms with Gasteiger partial charge in [0.15, 0.2) is 0 Å². The first-order chi connectivity index (χ1) is 8.80. The summed E-state index contributed by atoms with van der Waals surface area (Å²) in [5.74, 6) is -0.240. The number of rotatable bonds is 6. The van der Waals surface area contributed by atoms with Crippen molar-refractivity contribution in [3.63, 3.8) is 0 Å². The van der Waals surface area contributed by atoms with Crippen LogP contribution in [0.3, 0.4) is 0 Å². The van der Waals surface area contributed by atoms with Crippen molar-refractivity contribution in [2.45, 2.75) is 24.7 Å². The summed E-state index contributed by atoms with van der Waals surface area (Å²) in [4.78, 5) is 22.3. The molecule has 1 aromatic rings. The molecular weight excluding hydrogens is 268 g/mol. The van der Waals surface area contributed by atoms with Gasteiger partial charge >= 0.3 is 0 Å². The Balaban J connectivity index is 2.56. The van der Waals surface area contributed by atoms with E-state index in [1.165, 1.54) is 31.2 Å². The van der Waals surface area contributed by atoms with Gasteiger partial charge in [0.25, 0.3) is 5.91 Å². The SMILES string of the molecule is CC(=O)CCCNC(=O)c1ccc(S(N)(=O)=O)cc1. The molecule has 0 atom stereocenters. The van der Waals surface area contributed by atoms with Crippen LogP contribution in [0.4, 0.5) is 0 Å². The molecule has 1 aromatic carbocycles. The highest BCUT2D eigenvalue weighted by Gasteiger charge is 2.09. The lowest BCUT2D eigenvalue weighted by atomic mass is 10.2. The first-order valence-corrected chi connectivity index (χ1v) is 7.26. The van der Waals surface area contributed by atoms with E-state index in [2.05, 4.69) is 5.32 Å². The Kier molecular flexibility index (Phi) is 5.20. The maximum Gasteiger partial charge on any atom is 0.251 e. The van der Waals surface area contributed by atoms with E-state index in [1.807, 2.05) is 0 Å². The Hall–Kier alpha value is -1.73. The minimum atomic E-state index is -3.74. The smallest absolute Gasteiger partial charge is 0.251 e. The van der Waals surface area contributed by atoms with Crippen LogP contribution in [0.25, 0.3) is 0 Å². The summed E-state index contributed by atoms with van der Waals surface area (Å²) in [6.07, 6.45) is 1.00. The first-order valence-electron chi connectivity index (χ1n) is 5.71. The average molecular weight is 284 g/mol. The van der Waals surface area contributed by atoms with E-state index < -0.39 is 10.0 Å². The molecule has 0 saturated heterocycles. The molecule has 0 bridgehead atoms. The van der Waals surface area contributed by atoms with Gasteiger partial charge in [-0.25, -0.2) is 13.6 Å². The molecule has 1 rings (SSSR count). The minimum absolute atomic E-state index is 0.0411. The highest BCUT2D eigenvalue weighted by molar-refractivity contribution is 7.89. The molecule has 104 valence electrons. The third kappa shape index (κ3) is 5.19. The van der Waals surface area contributed by atoms with Gasteiger partial charge in [-0.3, -0.25) is 4.79 Å². The van der Waals surface area contributed by atoms with E-state index in [4.69, 9.17) is 5.14 Å². The van der Waals surface area contributed by atoms with Crippen LogP contribution in [0.2, 0.25) is 0 Å². The van der Waals surface area contributed by atoms with Crippen LogP contribution in [0.5, 0.6) is 0 Å². The van der Waals surface area contributed by atoms with E-state index >= 15 is 0 Å². The number of nitrogens with two attached hydrogens (primary N) is 1. The highest BCUT2D eigenvalue weighted by atomic mass is 32.2. The van der Waals surface area contributed by atoms with Gasteiger partial charge in [0.05, 0.1) is 4.90 Å². The van der Waals surface area contributed by atoms with Gasteiger partial charge in [0.1, 0.15) is 5.78 Å². The number of amides is 1. The third-order valence-corrected chi connectivity index (χ3v) is 3.37. The molecule has 0 aliphatic rings. The van der Waals surface area contributed by atoms with Crippen molar-refractivity contribution >= 4 is 21.7 Å². The van der Waals surface area contributed by atoms with E-state index in [-0.39, 0.29) is 16.6 Å². The molecule has 0 aromatic heterocycles. The Morgan fingerprint density at radius 1 is 1.21 bits per heavy atom. The number of ketones is 1. The fourth-order valence-corrected chi connectivity index (χ4v) is 1.95. The second kappa shape index (κ2) is 6.44. The first kappa shape index (κ1) is 15.3. The van der Waals surface area contributed by atoms with Crippen LogP contribution in [0, 0.1) is 0 Å². The molecule has 0 aliphatic heterocycles. The Morgan fingerprint density at radius 2 is 1.79 bits per heavy atom. The summed E-state index contributed by atoms with van der Waals surface area (Å²) in [6, 6.07) is 5.33. The lowest BCUT2D eigenvalue weighted by Crippen LogP contribution is -2.24. The lowest BCUT2D eigenvalue weighted by Gasteiger charge is -2.05. The summed E-state index contributed by atoms with van der Waals surface area (Å²) in [5.41, 5.74) is 0.343. The average Bonchev–Trinajstić information content (AvgIpc) is 2.33. The summed E-state index contributed by atoms with van der Waals surface area (Å²) in [6.45, 7) is 1.89. The molecule has 6 nitrogen and oxygen atoms in total. The van der Waals surface area contributed by atoms with Gasteiger partial charge in [0.2, 0.25) is 10.0 Å². The lowest BCUT2D eigenvalue weighted by molar-refractivity contribution is -0.117. The molecule has 1 amide bonds. The van der Waals surface area contributed by atoms with Crippen molar-refractivity contribution in [1.82, 2.24) is 5.32 Å². The normalized spacial score (nSPS) is 11.1. The van der Waals surface area contributed by atoms with Crippen LogP contribution < -0.4 is 10.5 Å². The Labute approximate surface area is 112 Å². The number of sulfonamides is 1. The highest BCUT2D eigenvalue weighted by Crippen LogP contribution is 2.08. The molecule has 0 aliphatic carbocycles. The second-order valence-corrected chi connectivity index (χ2v) is 5.69. The summed E-state index contributed by atoms with van der Waals surface area (Å²) < 4.78 is 22.1. The number of primary sulfonamides is 1. The molecule has 0 saturated carbocycles. The number of hydrogen-bond donors (Lipinski definition) is 2. The van der Waals surface area contributed by atoms with Crippen molar-refractivity contribution in [3.05, 3.63) is 29.8 Å². The Morgan fingerprint density at radius 3 is 2.26 bits per heavy atom. The van der Waals surface area contributed by atoms with Crippen molar-refractivity contribution in [2.24, 2.45) is 5.14 Å². The second-order valence-electron chi connectivity index (χ2n) is 4.13. The monoisotopic (exact) mass is 284 g/mol. The number of hydrogen-bond acceptors (Lipinski definition) is 4. The van der Waals surface area contributed by atoms with Gasteiger partial charge in [0, 0.05) is 18.5 Å². The van der Waals surface area contributed by atoms with Crippen LogP contribution in [-0.2, 0) is 14.8 Å². The van der Waals surface area contributed by atoms with Crippen molar-refractivity contribution < 1.29 is 18.0 Å². The largest absolute Gasteiger partial charge is 0.352 e. The topological polar surface area (TPSA) is 106 Å². The molecule has 3 N–H and O–H groups in total. The number of carbonyl (C=O) groups excluding carboxylic acids is 2. The number of Topliss-reactive ketones (excluding diaryl/α,β-unsaturated/α-hetero) is 1. The van der Waals surface area contributed by atoms with E-state index in [0.29, 0.717) is 24.9 Å². The molecule has 7 heteroatoms. The van der Waals surface area contributed by atoms with Gasteiger partial charge < -0.3 is 10.1 Å². The van der Waals surface area contributed by atoms with Gasteiger partial charge in [-0.2, -0.15) is 0 Å². The molecular formula is C12H16N2O4S. The number of nitrogens with one attached hydrogen (secondary N) is 1. The standard InChI is InChI=1S/C12H16N2O4S/c1-9(15)3-2-8-14-12(16)10-4-6-11(7-5-10)19(13,17)18/h4-7H,2-3,8H2,1H3,(H,14,16)(H2,13,17,18). The molecule has 0 spiro atoms. The number of benzene rings is 1. The van der Waals surface area contributed by atoms with Crippen molar-refractivity contribution in [1.29, 1.82) is 0 Å². The fourth-order valence-electron chi connectivity index (χ4n) is 1.44. The molecule has 0 heterocycles. The predicted octanol–water partition coefficient (Wildman–Crippen LogP) is 0.433. The van der Waals surface area contributed by atoms with E-state index in [9.17, 15) is 18.0 Å². The van der Waals surface area contributed by atoms with Crippen molar-refractivity contribution in [2.75, 3.05) is 6.54 Å². The van der Waals surface area contributed by atoms with Crippen LogP contribution in [-0.4, -0.2) is 26.7 Å². The zero-order valence-electron chi connectivity index (χ0n) is 10.5. The molecule has 0 unspecified atom stereocenters. The van der Waals surface area contributed by atoms with Gasteiger partial charge in [-0.05, 0) is 37.6 Å². The van der Waals surface area contributed by atoms with Crippen molar-refractivity contribution in [3.8, 4) is 0 Å². The summed E-state index contributed by atoms with van der Waals surface area (Å²) in [7, 11) is -3.74. The predicted molar refractivity (Wildman–Crippen MR) is 70.1 cm³/mol. The van der Waals surface area contributed by atoms with E-state index in [1.54, 1.807) is 0 Å². The summed E-state index contributed by atoms with van der Waals surface area (Å²) in [5, 5.41) is 7.59. The number of carbonyl (C=O) groups is 2. The summed E-state index contributed by atoms with van der Waals surface area (Å²) >= 11 is 0. The van der Waals surface area contributed by atoms with Crippen LogP contribution in [0.1, 0.15) is 30.1 Å². The van der Waals surface area contributed by atoms with Gasteiger partial charge in [-0.15, -0.1) is 0 Å². The molecule has 0 fully saturated rings. The van der Waals surface area contributed by atoms with Gasteiger partial charge in [-0.1, -0.05) is 0 Å². The zero-order chi connectivity index (χ0) is 14.5. The van der Waals surface area contributed by atoms with Crippen LogP contribution >= 0.6 is 0 Å². The molecule has 0 radical (unpaired) electrons. The minimum Gasteiger partial charge on any atom is -0.352 e. The zero-order valence-corrected chi connectivity index (χ0v) is 11.4.